The fourth-order valence-corrected chi connectivity index (χ4v) is 0.558. The number of rotatable bonds is 2. The summed E-state index contributed by atoms with van der Waals surface area (Å²) in [5.41, 5.74) is 0. The summed E-state index contributed by atoms with van der Waals surface area (Å²) in [6.07, 6.45) is 2.29. The van der Waals surface area contributed by atoms with Crippen molar-refractivity contribution < 1.29 is 14.3 Å². The third kappa shape index (κ3) is 1.22. The normalized spacial score (nSPS) is 19.4. The van der Waals surface area contributed by atoms with Crippen LogP contribution in [0.1, 0.15) is 6.92 Å². The number of hydrogen-bond donors (Lipinski definition) is 0. The van der Waals surface area contributed by atoms with Crippen LogP contribution < -0.4 is 0 Å². The summed E-state index contributed by atoms with van der Waals surface area (Å²) in [7, 11) is 0. The van der Waals surface area contributed by atoms with Gasteiger partial charge in [-0.3, -0.25) is 0 Å². The average Bonchev–Trinajstić information content (AvgIpc) is 2.37. The Hall–Kier alpha value is -0.990. The molecule has 0 spiro atoms. The predicted octanol–water partition coefficient (Wildman–Crippen LogP) is 0.667. The van der Waals surface area contributed by atoms with Gasteiger partial charge in [0.1, 0.15) is 18.3 Å². The summed E-state index contributed by atoms with van der Waals surface area (Å²) in [5.74, 6) is 0.442. The van der Waals surface area contributed by atoms with Gasteiger partial charge in [-0.2, -0.15) is 0 Å². The molecule has 0 radical (unpaired) electrons. The maximum Gasteiger partial charge on any atom is 0.229 e. The highest BCUT2D eigenvalue weighted by atomic mass is 16.7. The Kier molecular flexibility index (Phi) is 1.72. The Morgan fingerprint density at radius 2 is 2.67 bits per heavy atom. The first kappa shape index (κ1) is 6.13. The van der Waals surface area contributed by atoms with Crippen LogP contribution in [0.5, 0.6) is 0 Å². The van der Waals surface area contributed by atoms with Gasteiger partial charge in [0.05, 0.1) is 5.92 Å². The number of ether oxygens (including phenoxy) is 2. The van der Waals surface area contributed by atoms with E-state index in [-0.39, 0.29) is 12.7 Å². The number of hydrogen-bond acceptors (Lipinski definition) is 3. The van der Waals surface area contributed by atoms with Gasteiger partial charge in [-0.1, -0.05) is 0 Å². The summed E-state index contributed by atoms with van der Waals surface area (Å²) in [4.78, 5) is 10.1. The quantitative estimate of drug-likeness (QED) is 0.512. The summed E-state index contributed by atoms with van der Waals surface area (Å²) >= 11 is 0. The van der Waals surface area contributed by atoms with Crippen molar-refractivity contribution in [3.05, 3.63) is 12.0 Å². The first-order valence-corrected chi connectivity index (χ1v) is 2.74. The summed E-state index contributed by atoms with van der Waals surface area (Å²) in [5, 5.41) is 0. The molecule has 0 aromatic rings. The van der Waals surface area contributed by atoms with E-state index in [1.807, 2.05) is 0 Å². The van der Waals surface area contributed by atoms with E-state index < -0.39 is 0 Å². The standard InChI is InChI=1S/C6H8O3/c1-5(2-7)6-3-8-4-9-6/h2-3,5H,4H2,1H3. The third-order valence-corrected chi connectivity index (χ3v) is 1.15. The van der Waals surface area contributed by atoms with Crippen molar-refractivity contribution in [2.24, 2.45) is 5.92 Å². The van der Waals surface area contributed by atoms with Crippen LogP contribution in [-0.4, -0.2) is 13.1 Å². The molecule has 0 N–H and O–H groups in total. The van der Waals surface area contributed by atoms with E-state index in [2.05, 4.69) is 0 Å². The minimum Gasteiger partial charge on any atom is -0.462 e. The molecule has 0 aliphatic carbocycles. The van der Waals surface area contributed by atoms with Crippen LogP contribution in [0.3, 0.4) is 0 Å². The van der Waals surface area contributed by atoms with Crippen molar-refractivity contribution in [2.75, 3.05) is 6.79 Å². The first-order chi connectivity index (χ1) is 4.34. The van der Waals surface area contributed by atoms with E-state index >= 15 is 0 Å². The molecule has 0 aromatic heterocycles. The van der Waals surface area contributed by atoms with E-state index in [9.17, 15) is 4.79 Å². The maximum absolute atomic E-state index is 10.1. The van der Waals surface area contributed by atoms with Gasteiger partial charge in [0.25, 0.3) is 0 Å². The van der Waals surface area contributed by atoms with E-state index in [1.54, 1.807) is 6.92 Å². The van der Waals surface area contributed by atoms with Gasteiger partial charge in [-0.15, -0.1) is 0 Å². The van der Waals surface area contributed by atoms with Gasteiger partial charge in [-0.05, 0) is 6.92 Å². The molecule has 3 nitrogen and oxygen atoms in total. The topological polar surface area (TPSA) is 35.5 Å². The lowest BCUT2D eigenvalue weighted by Gasteiger charge is -2.00. The van der Waals surface area contributed by atoms with Crippen molar-refractivity contribution in [2.45, 2.75) is 6.92 Å². The second-order valence-corrected chi connectivity index (χ2v) is 1.87. The van der Waals surface area contributed by atoms with Crippen LogP contribution in [0.2, 0.25) is 0 Å². The Morgan fingerprint density at radius 1 is 1.89 bits per heavy atom. The Bertz CT molecular complexity index is 139. The van der Waals surface area contributed by atoms with Gasteiger partial charge in [0.2, 0.25) is 6.79 Å². The van der Waals surface area contributed by atoms with Crippen LogP contribution in [0.25, 0.3) is 0 Å². The Balaban J connectivity index is 2.50. The number of carbonyl (C=O) groups excluding carboxylic acids is 1. The van der Waals surface area contributed by atoms with Crippen molar-refractivity contribution in [1.82, 2.24) is 0 Å². The molecule has 1 aliphatic heterocycles. The molecule has 0 fully saturated rings. The van der Waals surface area contributed by atoms with Crippen molar-refractivity contribution >= 4 is 6.29 Å². The van der Waals surface area contributed by atoms with Crippen LogP contribution in [0.15, 0.2) is 12.0 Å². The number of aldehydes is 1. The molecule has 1 heterocycles. The molecule has 0 bridgehead atoms. The molecule has 1 rings (SSSR count). The Morgan fingerprint density at radius 3 is 3.11 bits per heavy atom. The smallest absolute Gasteiger partial charge is 0.229 e. The molecular formula is C6H8O3. The van der Waals surface area contributed by atoms with E-state index in [1.165, 1.54) is 6.26 Å². The molecule has 1 unspecified atom stereocenters. The molecule has 1 atom stereocenters. The SMILES string of the molecule is CC(C=O)C1=COCO1. The van der Waals surface area contributed by atoms with Crippen molar-refractivity contribution in [3.8, 4) is 0 Å². The molecule has 0 saturated heterocycles. The van der Waals surface area contributed by atoms with Gasteiger partial charge in [-0.25, -0.2) is 0 Å². The highest BCUT2D eigenvalue weighted by molar-refractivity contribution is 5.57. The van der Waals surface area contributed by atoms with Gasteiger partial charge < -0.3 is 14.3 Å². The van der Waals surface area contributed by atoms with E-state index in [4.69, 9.17) is 9.47 Å². The van der Waals surface area contributed by atoms with Gasteiger partial charge in [0, 0.05) is 0 Å². The predicted molar refractivity (Wildman–Crippen MR) is 30.3 cm³/mol. The van der Waals surface area contributed by atoms with Crippen molar-refractivity contribution in [3.63, 3.8) is 0 Å². The second kappa shape index (κ2) is 2.53. The lowest BCUT2D eigenvalue weighted by atomic mass is 10.2. The average molecular weight is 128 g/mol. The maximum atomic E-state index is 10.1. The van der Waals surface area contributed by atoms with E-state index in [0.29, 0.717) is 5.76 Å². The zero-order valence-corrected chi connectivity index (χ0v) is 5.16. The third-order valence-electron chi connectivity index (χ3n) is 1.15. The fraction of sp³-hybridized carbons (Fsp3) is 0.500. The lowest BCUT2D eigenvalue weighted by molar-refractivity contribution is -0.110. The van der Waals surface area contributed by atoms with Gasteiger partial charge >= 0.3 is 0 Å². The zero-order valence-electron chi connectivity index (χ0n) is 5.16. The van der Waals surface area contributed by atoms with Crippen molar-refractivity contribution in [1.29, 1.82) is 0 Å². The fourth-order valence-electron chi connectivity index (χ4n) is 0.558. The van der Waals surface area contributed by atoms with Crippen LogP contribution in [0, 0.1) is 5.92 Å². The summed E-state index contributed by atoms with van der Waals surface area (Å²) < 4.78 is 9.65. The second-order valence-electron chi connectivity index (χ2n) is 1.87. The zero-order chi connectivity index (χ0) is 6.69. The first-order valence-electron chi connectivity index (χ1n) is 2.74. The largest absolute Gasteiger partial charge is 0.462 e. The summed E-state index contributed by atoms with van der Waals surface area (Å²) in [6, 6.07) is 0. The Labute approximate surface area is 53.3 Å². The lowest BCUT2D eigenvalue weighted by Crippen LogP contribution is -2.00. The summed E-state index contributed by atoms with van der Waals surface area (Å²) in [6.45, 7) is 2.00. The number of allylic oxidation sites excluding steroid dienone is 1. The molecule has 0 amide bonds. The highest BCUT2D eigenvalue weighted by Gasteiger charge is 2.13. The van der Waals surface area contributed by atoms with Crippen LogP contribution >= 0.6 is 0 Å². The minimum atomic E-state index is -0.174. The molecule has 0 saturated carbocycles. The minimum absolute atomic E-state index is 0.174. The molecular weight excluding hydrogens is 120 g/mol. The molecule has 1 aliphatic rings. The van der Waals surface area contributed by atoms with Crippen LogP contribution in [0.4, 0.5) is 0 Å². The van der Waals surface area contributed by atoms with E-state index in [0.717, 1.165) is 6.29 Å². The molecule has 0 aromatic carbocycles. The highest BCUT2D eigenvalue weighted by Crippen LogP contribution is 2.14. The molecule has 3 heteroatoms. The molecule has 50 valence electrons. The molecule has 9 heavy (non-hydrogen) atoms. The van der Waals surface area contributed by atoms with Crippen LogP contribution in [-0.2, 0) is 14.3 Å². The van der Waals surface area contributed by atoms with Gasteiger partial charge in [0.15, 0.2) is 0 Å². The monoisotopic (exact) mass is 128 g/mol. The number of carbonyl (C=O) groups is 1.